The maximum atomic E-state index is 14.5. The van der Waals surface area contributed by atoms with Crippen molar-refractivity contribution < 1.29 is 26.7 Å². The Balaban J connectivity index is 1.28. The molecule has 0 atom stereocenters. The second-order valence-corrected chi connectivity index (χ2v) is 12.6. The minimum Gasteiger partial charge on any atom is -0.336 e. The van der Waals surface area contributed by atoms with Crippen LogP contribution in [0, 0.1) is 11.6 Å². The first kappa shape index (κ1) is 34.6. The average molecular weight is 700 g/mol. The highest BCUT2D eigenvalue weighted by molar-refractivity contribution is 7.98. The van der Waals surface area contributed by atoms with Crippen molar-refractivity contribution in [3.63, 3.8) is 0 Å². The van der Waals surface area contributed by atoms with Crippen LogP contribution in [0.4, 0.5) is 22.0 Å². The van der Waals surface area contributed by atoms with Gasteiger partial charge in [-0.15, -0.1) is 11.8 Å². The highest BCUT2D eigenvalue weighted by Gasteiger charge is 2.30. The summed E-state index contributed by atoms with van der Waals surface area (Å²) in [6.45, 7) is 0.417. The van der Waals surface area contributed by atoms with E-state index in [2.05, 4.69) is 4.98 Å². The predicted molar refractivity (Wildman–Crippen MR) is 184 cm³/mol. The molecule has 6 rings (SSSR count). The Morgan fingerprint density at radius 2 is 1.52 bits per heavy atom. The van der Waals surface area contributed by atoms with E-state index in [1.54, 1.807) is 58.1 Å². The smallest absolute Gasteiger partial charge is 0.336 e. The number of rotatable bonds is 11. The molecule has 1 amide bonds. The summed E-state index contributed by atoms with van der Waals surface area (Å²) in [5.41, 5.74) is 2.63. The molecule has 5 nitrogen and oxygen atoms in total. The quantitative estimate of drug-likeness (QED) is 0.100. The van der Waals surface area contributed by atoms with E-state index in [9.17, 15) is 31.5 Å². The van der Waals surface area contributed by atoms with Crippen LogP contribution in [0.1, 0.15) is 22.4 Å². The fraction of sp³-hybridized carbons (Fsp3) is 0.154. The third-order valence-electron chi connectivity index (χ3n) is 8.27. The van der Waals surface area contributed by atoms with Crippen LogP contribution in [-0.2, 0) is 36.2 Å². The van der Waals surface area contributed by atoms with E-state index in [0.29, 0.717) is 34.5 Å². The molecule has 0 spiro atoms. The van der Waals surface area contributed by atoms with Crippen LogP contribution in [-0.4, -0.2) is 26.9 Å². The summed E-state index contributed by atoms with van der Waals surface area (Å²) in [5.74, 6) is -2.15. The fourth-order valence-corrected chi connectivity index (χ4v) is 6.63. The van der Waals surface area contributed by atoms with Crippen molar-refractivity contribution in [1.82, 2.24) is 14.5 Å². The van der Waals surface area contributed by atoms with Gasteiger partial charge in [-0.1, -0.05) is 66.7 Å². The van der Waals surface area contributed by atoms with Gasteiger partial charge in [0.1, 0.15) is 6.54 Å². The molecule has 254 valence electrons. The van der Waals surface area contributed by atoms with Crippen LogP contribution in [0.5, 0.6) is 0 Å². The number of hydrogen-bond donors (Lipinski definition) is 0. The summed E-state index contributed by atoms with van der Waals surface area (Å²) >= 11 is 1.13. The molecule has 0 aliphatic heterocycles. The number of hydrogen-bond acceptors (Lipinski definition) is 4. The van der Waals surface area contributed by atoms with Crippen LogP contribution in [0.2, 0.25) is 0 Å². The fourth-order valence-electron chi connectivity index (χ4n) is 5.60. The third kappa shape index (κ3) is 8.11. The molecule has 0 bridgehead atoms. The van der Waals surface area contributed by atoms with E-state index in [1.807, 2.05) is 24.3 Å². The molecule has 0 aliphatic rings. The largest absolute Gasteiger partial charge is 0.416 e. The Morgan fingerprint density at radius 3 is 2.22 bits per heavy atom. The maximum absolute atomic E-state index is 14.5. The van der Waals surface area contributed by atoms with Gasteiger partial charge in [-0.2, -0.15) is 13.2 Å². The molecule has 0 saturated carbocycles. The Kier molecular flexibility index (Phi) is 10.4. The monoisotopic (exact) mass is 699 g/mol. The van der Waals surface area contributed by atoms with Gasteiger partial charge in [-0.25, -0.2) is 8.78 Å². The molecule has 0 N–H and O–H groups in total. The zero-order valence-corrected chi connectivity index (χ0v) is 27.4. The number of thioether (sulfide) groups is 1. The molecule has 0 fully saturated rings. The number of carbonyl (C=O) groups excluding carboxylic acids is 1. The molecule has 0 saturated heterocycles. The van der Waals surface area contributed by atoms with Gasteiger partial charge < -0.3 is 9.47 Å². The van der Waals surface area contributed by atoms with Gasteiger partial charge in [-0.05, 0) is 59.2 Å². The van der Waals surface area contributed by atoms with Crippen molar-refractivity contribution in [1.29, 1.82) is 0 Å². The molecular weight excluding hydrogens is 670 g/mol. The van der Waals surface area contributed by atoms with Gasteiger partial charge in [0.2, 0.25) is 5.91 Å². The van der Waals surface area contributed by atoms with Gasteiger partial charge >= 0.3 is 6.18 Å². The number of alkyl halides is 3. The first-order valence-corrected chi connectivity index (χ1v) is 16.7. The number of benzene rings is 4. The number of carbonyl (C=O) groups is 1. The normalized spacial score (nSPS) is 11.5. The maximum Gasteiger partial charge on any atom is 0.416 e. The summed E-state index contributed by atoms with van der Waals surface area (Å²) in [5, 5.41) is 0.844. The van der Waals surface area contributed by atoms with Gasteiger partial charge in [-0.3, -0.25) is 14.6 Å². The van der Waals surface area contributed by atoms with E-state index in [4.69, 9.17) is 0 Å². The zero-order valence-electron chi connectivity index (χ0n) is 26.5. The highest BCUT2D eigenvalue weighted by atomic mass is 32.2. The van der Waals surface area contributed by atoms with Crippen molar-refractivity contribution in [3.8, 4) is 11.1 Å². The highest BCUT2D eigenvalue weighted by Crippen LogP contribution is 2.31. The number of nitrogens with zero attached hydrogens (tertiary/aromatic N) is 3. The molecule has 50 heavy (non-hydrogen) atoms. The van der Waals surface area contributed by atoms with E-state index >= 15 is 0 Å². The Labute approximate surface area is 289 Å². The molecule has 2 heterocycles. The second kappa shape index (κ2) is 15.1. The van der Waals surface area contributed by atoms with E-state index < -0.39 is 23.4 Å². The summed E-state index contributed by atoms with van der Waals surface area (Å²) in [6.07, 6.45) is -2.27. The minimum absolute atomic E-state index is 0.0320. The van der Waals surface area contributed by atoms with Crippen LogP contribution >= 0.6 is 11.8 Å². The molecule has 0 radical (unpaired) electrons. The van der Waals surface area contributed by atoms with Crippen LogP contribution in [0.25, 0.3) is 22.0 Å². The lowest BCUT2D eigenvalue weighted by molar-refractivity contribution is -0.137. The van der Waals surface area contributed by atoms with Gasteiger partial charge in [0.15, 0.2) is 17.1 Å². The Bertz CT molecular complexity index is 2170. The number of amides is 1. The molecule has 11 heteroatoms. The number of aromatic nitrogens is 2. The Hall–Kier alpha value is -5.29. The first-order chi connectivity index (χ1) is 24.1. The van der Waals surface area contributed by atoms with Gasteiger partial charge in [0, 0.05) is 54.2 Å². The molecule has 6 aromatic rings. The number of halogens is 5. The molecular formula is C39H30F5N3O2S. The summed E-state index contributed by atoms with van der Waals surface area (Å²) < 4.78 is 69.3. The van der Waals surface area contributed by atoms with Crippen molar-refractivity contribution in [2.24, 2.45) is 0 Å². The molecule has 0 unspecified atom stereocenters. The van der Waals surface area contributed by atoms with E-state index in [-0.39, 0.29) is 35.7 Å². The molecule has 4 aromatic carbocycles. The molecule has 0 aliphatic carbocycles. The minimum atomic E-state index is -4.42. The molecule has 2 aromatic heterocycles. The second-order valence-electron chi connectivity index (χ2n) is 11.6. The topological polar surface area (TPSA) is 55.2 Å². The summed E-state index contributed by atoms with van der Waals surface area (Å²) in [4.78, 5) is 33.4. The van der Waals surface area contributed by atoms with Crippen LogP contribution in [0.15, 0.2) is 131 Å². The lowest BCUT2D eigenvalue weighted by Gasteiger charge is -2.25. The zero-order chi connectivity index (χ0) is 35.3. The van der Waals surface area contributed by atoms with E-state index in [0.717, 1.165) is 46.8 Å². The Morgan fingerprint density at radius 1 is 0.820 bits per heavy atom. The van der Waals surface area contributed by atoms with Crippen LogP contribution in [0.3, 0.4) is 0 Å². The lowest BCUT2D eigenvalue weighted by atomic mass is 10.0. The van der Waals surface area contributed by atoms with E-state index in [1.165, 1.54) is 30.3 Å². The van der Waals surface area contributed by atoms with Crippen LogP contribution < -0.4 is 5.43 Å². The van der Waals surface area contributed by atoms with Crippen molar-refractivity contribution in [2.45, 2.75) is 36.5 Å². The first-order valence-electron chi connectivity index (χ1n) is 15.7. The van der Waals surface area contributed by atoms with Crippen molar-refractivity contribution in [3.05, 3.63) is 166 Å². The predicted octanol–water partition coefficient (Wildman–Crippen LogP) is 8.92. The number of pyridine rings is 2. The van der Waals surface area contributed by atoms with Crippen molar-refractivity contribution >= 4 is 28.6 Å². The van der Waals surface area contributed by atoms with Gasteiger partial charge in [0.05, 0.1) is 16.1 Å². The lowest BCUT2D eigenvalue weighted by Crippen LogP contribution is -2.35. The van der Waals surface area contributed by atoms with Crippen molar-refractivity contribution in [2.75, 3.05) is 6.54 Å². The summed E-state index contributed by atoms with van der Waals surface area (Å²) in [6, 6.07) is 30.0. The number of para-hydroxylation sites is 1. The van der Waals surface area contributed by atoms with Gasteiger partial charge in [0.25, 0.3) is 0 Å². The average Bonchev–Trinajstić information content (AvgIpc) is 3.12. The summed E-state index contributed by atoms with van der Waals surface area (Å²) in [7, 11) is 0. The standard InChI is InChI=1S/C39H30F5N3O2S/c40-33-9-5-6-29(38(33)41)25-50-37-22-35(48)32-8-1-2-10-34(32)47(37)24-36(49)46(21-19-31-7-3-4-20-45-31)23-26-11-13-27(14-12-26)28-15-17-30(18-16-28)39(42,43)44/h1-18,20,22H,19,21,23-25H2. The third-order valence-corrected chi connectivity index (χ3v) is 9.36. The SMILES string of the molecule is O=C(Cn1c(SCc2cccc(F)c2F)cc(=O)c2ccccc21)N(CCc1ccccn1)Cc1ccc(-c2ccc(C(F)(F)F)cc2)cc1. The number of fused-ring (bicyclic) bond motifs is 1.